The van der Waals surface area contributed by atoms with Gasteiger partial charge in [0, 0.05) is 18.1 Å². The van der Waals surface area contributed by atoms with Crippen molar-refractivity contribution in [2.24, 2.45) is 5.73 Å². The third-order valence-electron chi connectivity index (χ3n) is 2.18. The first-order valence-corrected chi connectivity index (χ1v) is 6.64. The minimum absolute atomic E-state index is 0.251. The van der Waals surface area contributed by atoms with Crippen LogP contribution in [0, 0.1) is 0 Å². The first-order valence-electron chi connectivity index (χ1n) is 5.65. The predicted molar refractivity (Wildman–Crippen MR) is 68.6 cm³/mol. The molecule has 0 aliphatic heterocycles. The second kappa shape index (κ2) is 8.03. The molecule has 94 valence electrons. The lowest BCUT2D eigenvalue weighted by Crippen LogP contribution is -2.41. The standard InChI is InChI=1S/C11H18N4OS/c1-2-4-14-9(11(12)16)3-7-17-10-8-13-5-6-15-10/h5-6,8-9,14H,2-4,7H2,1H3,(H2,12,16). The molecule has 0 spiro atoms. The van der Waals surface area contributed by atoms with E-state index < -0.39 is 0 Å². The number of nitrogens with two attached hydrogens (primary N) is 1. The number of hydrogen-bond acceptors (Lipinski definition) is 5. The van der Waals surface area contributed by atoms with Crippen molar-refractivity contribution in [1.82, 2.24) is 15.3 Å². The van der Waals surface area contributed by atoms with Gasteiger partial charge in [-0.2, -0.15) is 0 Å². The lowest BCUT2D eigenvalue weighted by atomic mass is 10.2. The van der Waals surface area contributed by atoms with Gasteiger partial charge >= 0.3 is 0 Å². The van der Waals surface area contributed by atoms with Gasteiger partial charge in [-0.1, -0.05) is 6.92 Å². The molecule has 0 bridgehead atoms. The third-order valence-corrected chi connectivity index (χ3v) is 3.13. The van der Waals surface area contributed by atoms with Crippen LogP contribution >= 0.6 is 11.8 Å². The van der Waals surface area contributed by atoms with E-state index in [9.17, 15) is 4.79 Å². The fourth-order valence-electron chi connectivity index (χ4n) is 1.30. The number of nitrogens with one attached hydrogen (secondary N) is 1. The Labute approximate surface area is 106 Å². The molecule has 6 heteroatoms. The highest BCUT2D eigenvalue weighted by atomic mass is 32.2. The zero-order valence-corrected chi connectivity index (χ0v) is 10.7. The van der Waals surface area contributed by atoms with E-state index in [4.69, 9.17) is 5.73 Å². The van der Waals surface area contributed by atoms with E-state index >= 15 is 0 Å². The van der Waals surface area contributed by atoms with Crippen molar-refractivity contribution in [1.29, 1.82) is 0 Å². The van der Waals surface area contributed by atoms with Gasteiger partial charge in [-0.25, -0.2) is 4.98 Å². The highest BCUT2D eigenvalue weighted by molar-refractivity contribution is 7.99. The molecular formula is C11H18N4OS. The van der Waals surface area contributed by atoms with Crippen LogP contribution in [-0.4, -0.2) is 34.2 Å². The molecule has 17 heavy (non-hydrogen) atoms. The Hall–Kier alpha value is -1.14. The second-order valence-electron chi connectivity index (χ2n) is 3.59. The summed E-state index contributed by atoms with van der Waals surface area (Å²) in [4.78, 5) is 19.3. The molecule has 0 fully saturated rings. The summed E-state index contributed by atoms with van der Waals surface area (Å²) in [6.07, 6.45) is 6.70. The molecule has 1 aromatic heterocycles. The summed E-state index contributed by atoms with van der Waals surface area (Å²) >= 11 is 1.58. The second-order valence-corrected chi connectivity index (χ2v) is 4.71. The fraction of sp³-hybridized carbons (Fsp3) is 0.545. The molecule has 1 unspecified atom stereocenters. The molecule has 1 atom stereocenters. The monoisotopic (exact) mass is 254 g/mol. The maximum atomic E-state index is 11.2. The SMILES string of the molecule is CCCNC(CCSc1cnccn1)C(N)=O. The summed E-state index contributed by atoms with van der Waals surface area (Å²) in [6.45, 7) is 2.86. The van der Waals surface area contributed by atoms with Crippen molar-refractivity contribution in [3.05, 3.63) is 18.6 Å². The number of carbonyl (C=O) groups excluding carboxylic acids is 1. The number of carbonyl (C=O) groups is 1. The zero-order chi connectivity index (χ0) is 12.5. The molecule has 1 heterocycles. The summed E-state index contributed by atoms with van der Waals surface area (Å²) in [5, 5.41) is 4.00. The Morgan fingerprint density at radius 2 is 2.41 bits per heavy atom. The molecule has 0 saturated heterocycles. The normalized spacial score (nSPS) is 12.3. The van der Waals surface area contributed by atoms with Crippen molar-refractivity contribution >= 4 is 17.7 Å². The molecule has 5 nitrogen and oxygen atoms in total. The number of rotatable bonds is 8. The van der Waals surface area contributed by atoms with Crippen LogP contribution in [0.1, 0.15) is 19.8 Å². The van der Waals surface area contributed by atoms with E-state index in [0.717, 1.165) is 23.7 Å². The quantitative estimate of drug-likeness (QED) is 0.671. The lowest BCUT2D eigenvalue weighted by molar-refractivity contribution is -0.120. The van der Waals surface area contributed by atoms with Crippen molar-refractivity contribution in [3.8, 4) is 0 Å². The van der Waals surface area contributed by atoms with Gasteiger partial charge in [0.1, 0.15) is 5.03 Å². The minimum atomic E-state index is -0.293. The van der Waals surface area contributed by atoms with Crippen LogP contribution in [0.2, 0.25) is 0 Å². The van der Waals surface area contributed by atoms with Crippen LogP contribution in [0.15, 0.2) is 23.6 Å². The number of hydrogen-bond donors (Lipinski definition) is 2. The van der Waals surface area contributed by atoms with E-state index in [-0.39, 0.29) is 11.9 Å². The first kappa shape index (κ1) is 13.9. The lowest BCUT2D eigenvalue weighted by Gasteiger charge is -2.14. The number of thioether (sulfide) groups is 1. The Bertz CT molecular complexity index is 334. The van der Waals surface area contributed by atoms with Crippen LogP contribution in [0.4, 0.5) is 0 Å². The number of nitrogens with zero attached hydrogens (tertiary/aromatic N) is 2. The van der Waals surface area contributed by atoms with Gasteiger partial charge in [0.15, 0.2) is 0 Å². The van der Waals surface area contributed by atoms with Gasteiger partial charge in [0.2, 0.25) is 5.91 Å². The Kier molecular flexibility index (Phi) is 6.57. The van der Waals surface area contributed by atoms with E-state index in [0.29, 0.717) is 6.42 Å². The Morgan fingerprint density at radius 3 is 3.00 bits per heavy atom. The molecule has 0 aliphatic carbocycles. The average molecular weight is 254 g/mol. The van der Waals surface area contributed by atoms with Gasteiger partial charge in [-0.15, -0.1) is 11.8 Å². The van der Waals surface area contributed by atoms with Gasteiger partial charge in [0.05, 0.1) is 12.2 Å². The highest BCUT2D eigenvalue weighted by Gasteiger charge is 2.13. The smallest absolute Gasteiger partial charge is 0.234 e. The summed E-state index contributed by atoms with van der Waals surface area (Å²) < 4.78 is 0. The highest BCUT2D eigenvalue weighted by Crippen LogP contribution is 2.14. The zero-order valence-electron chi connectivity index (χ0n) is 9.93. The number of primary amides is 1. The van der Waals surface area contributed by atoms with Crippen molar-refractivity contribution in [2.75, 3.05) is 12.3 Å². The summed E-state index contributed by atoms with van der Waals surface area (Å²) in [7, 11) is 0. The molecule has 0 aliphatic rings. The van der Waals surface area contributed by atoms with Crippen LogP contribution in [0.5, 0.6) is 0 Å². The topological polar surface area (TPSA) is 80.9 Å². The Morgan fingerprint density at radius 1 is 1.59 bits per heavy atom. The first-order chi connectivity index (χ1) is 8.24. The van der Waals surface area contributed by atoms with Crippen LogP contribution in [0.3, 0.4) is 0 Å². The van der Waals surface area contributed by atoms with Crippen molar-refractivity contribution in [3.63, 3.8) is 0 Å². The molecule has 0 radical (unpaired) electrons. The molecular weight excluding hydrogens is 236 g/mol. The van der Waals surface area contributed by atoms with Crippen LogP contribution < -0.4 is 11.1 Å². The van der Waals surface area contributed by atoms with E-state index in [1.54, 1.807) is 30.4 Å². The minimum Gasteiger partial charge on any atom is -0.368 e. The van der Waals surface area contributed by atoms with Gasteiger partial charge in [0.25, 0.3) is 0 Å². The van der Waals surface area contributed by atoms with Gasteiger partial charge < -0.3 is 11.1 Å². The summed E-state index contributed by atoms with van der Waals surface area (Å²) in [5.74, 6) is 0.501. The largest absolute Gasteiger partial charge is 0.368 e. The van der Waals surface area contributed by atoms with E-state index in [2.05, 4.69) is 22.2 Å². The number of amides is 1. The Balaban J connectivity index is 2.29. The maximum Gasteiger partial charge on any atom is 0.234 e. The summed E-state index contributed by atoms with van der Waals surface area (Å²) in [6, 6.07) is -0.251. The molecule has 0 saturated carbocycles. The molecule has 1 rings (SSSR count). The molecule has 1 amide bonds. The molecule has 3 N–H and O–H groups in total. The van der Waals surface area contributed by atoms with Crippen molar-refractivity contribution < 1.29 is 4.79 Å². The molecule has 1 aromatic rings. The molecule has 0 aromatic carbocycles. The van der Waals surface area contributed by atoms with E-state index in [1.165, 1.54) is 0 Å². The predicted octanol–water partition coefficient (Wildman–Crippen LogP) is 0.812. The summed E-state index contributed by atoms with van der Waals surface area (Å²) in [5.41, 5.74) is 5.32. The maximum absolute atomic E-state index is 11.2. The fourth-order valence-corrected chi connectivity index (χ4v) is 2.14. The van der Waals surface area contributed by atoms with Crippen molar-refractivity contribution in [2.45, 2.75) is 30.8 Å². The third kappa shape index (κ3) is 5.65. The van der Waals surface area contributed by atoms with Crippen LogP contribution in [0.25, 0.3) is 0 Å². The van der Waals surface area contributed by atoms with Gasteiger partial charge in [-0.05, 0) is 19.4 Å². The average Bonchev–Trinajstić information content (AvgIpc) is 2.34. The van der Waals surface area contributed by atoms with Gasteiger partial charge in [-0.3, -0.25) is 9.78 Å². The van der Waals surface area contributed by atoms with Crippen LogP contribution in [-0.2, 0) is 4.79 Å². The van der Waals surface area contributed by atoms with E-state index in [1.807, 2.05) is 0 Å². The number of aromatic nitrogens is 2.